The molecule has 2 aromatic heterocycles. The first-order valence-corrected chi connectivity index (χ1v) is 12.0. The molecule has 7 heteroatoms. The van der Waals surface area contributed by atoms with Gasteiger partial charge in [-0.15, -0.1) is 11.3 Å². The molecule has 1 aliphatic rings. The van der Waals surface area contributed by atoms with Gasteiger partial charge in [-0.25, -0.2) is 0 Å². The average molecular weight is 483 g/mol. The lowest BCUT2D eigenvalue weighted by molar-refractivity contribution is -0.130. The standard InChI is InChI=1S/C28H22N2O4S/c31-26(23-12-6-14-35-23)24-25(30(28(33)27(24)32)17-20-9-5-13-29-16-20)21-10-4-11-22(15-21)34-18-19-7-2-1-3-8-19/h1-16,25,32H,17-18H2. The summed E-state index contributed by atoms with van der Waals surface area (Å²) < 4.78 is 5.99. The number of carbonyl (C=O) groups excluding carboxylic acids is 2. The minimum atomic E-state index is -0.766. The molecule has 0 saturated heterocycles. The van der Waals surface area contributed by atoms with E-state index in [1.807, 2.05) is 60.7 Å². The molecule has 4 aromatic rings. The van der Waals surface area contributed by atoms with Crippen LogP contribution >= 0.6 is 11.3 Å². The van der Waals surface area contributed by atoms with Crippen LogP contribution < -0.4 is 4.74 Å². The Hall–Kier alpha value is -4.23. The summed E-state index contributed by atoms with van der Waals surface area (Å²) in [6.07, 6.45) is 3.32. The molecule has 0 saturated carbocycles. The first kappa shape index (κ1) is 22.6. The number of hydrogen-bond donors (Lipinski definition) is 1. The van der Waals surface area contributed by atoms with Crippen LogP contribution in [0.1, 0.15) is 32.4 Å². The Morgan fingerprint density at radius 3 is 2.57 bits per heavy atom. The van der Waals surface area contributed by atoms with Crippen LogP contribution in [0.3, 0.4) is 0 Å². The zero-order valence-electron chi connectivity index (χ0n) is 18.7. The molecule has 2 aromatic carbocycles. The first-order chi connectivity index (χ1) is 17.1. The fourth-order valence-corrected chi connectivity index (χ4v) is 4.82. The van der Waals surface area contributed by atoms with Crippen molar-refractivity contribution >= 4 is 23.0 Å². The van der Waals surface area contributed by atoms with E-state index in [2.05, 4.69) is 4.98 Å². The second-order valence-electron chi connectivity index (χ2n) is 8.11. The van der Waals surface area contributed by atoms with Gasteiger partial charge in [0, 0.05) is 18.9 Å². The summed E-state index contributed by atoms with van der Waals surface area (Å²) in [5.74, 6) is -0.864. The van der Waals surface area contributed by atoms with Crippen molar-refractivity contribution in [3.05, 3.63) is 130 Å². The summed E-state index contributed by atoms with van der Waals surface area (Å²) in [6.45, 7) is 0.576. The van der Waals surface area contributed by atoms with Crippen LogP contribution in [0.5, 0.6) is 5.75 Å². The molecule has 1 aliphatic heterocycles. The number of pyridine rings is 1. The van der Waals surface area contributed by atoms with Gasteiger partial charge in [0.25, 0.3) is 5.91 Å². The number of rotatable bonds is 8. The van der Waals surface area contributed by atoms with Crippen molar-refractivity contribution in [3.8, 4) is 5.75 Å². The molecule has 1 amide bonds. The number of Topliss-reactive ketones (excluding diaryl/α,β-unsaturated/α-hetero) is 1. The van der Waals surface area contributed by atoms with Gasteiger partial charge >= 0.3 is 0 Å². The van der Waals surface area contributed by atoms with Gasteiger partial charge in [-0.1, -0.05) is 54.6 Å². The van der Waals surface area contributed by atoms with Crippen molar-refractivity contribution < 1.29 is 19.4 Å². The molecule has 1 N–H and O–H groups in total. The van der Waals surface area contributed by atoms with Crippen LogP contribution in [-0.4, -0.2) is 26.7 Å². The van der Waals surface area contributed by atoms with Crippen LogP contribution in [0.2, 0.25) is 0 Å². The Morgan fingerprint density at radius 1 is 1.00 bits per heavy atom. The SMILES string of the molecule is O=C(C1=C(O)C(=O)N(Cc2cccnc2)C1c1cccc(OCc2ccccc2)c1)c1cccs1. The highest BCUT2D eigenvalue weighted by Crippen LogP contribution is 2.41. The number of ether oxygens (including phenoxy) is 1. The highest BCUT2D eigenvalue weighted by atomic mass is 32.1. The third-order valence-corrected chi connectivity index (χ3v) is 6.66. The predicted molar refractivity (Wildman–Crippen MR) is 133 cm³/mol. The minimum absolute atomic E-state index is 0.0709. The predicted octanol–water partition coefficient (Wildman–Crippen LogP) is 5.50. The highest BCUT2D eigenvalue weighted by molar-refractivity contribution is 7.12. The molecular formula is C28H22N2O4S. The molecule has 1 unspecified atom stereocenters. The maximum Gasteiger partial charge on any atom is 0.290 e. The Balaban J connectivity index is 1.51. The van der Waals surface area contributed by atoms with Gasteiger partial charge in [0.15, 0.2) is 5.76 Å². The van der Waals surface area contributed by atoms with Gasteiger partial charge < -0.3 is 14.7 Å². The van der Waals surface area contributed by atoms with Crippen molar-refractivity contribution in [1.29, 1.82) is 0 Å². The van der Waals surface area contributed by atoms with E-state index in [1.54, 1.807) is 36.0 Å². The van der Waals surface area contributed by atoms with Gasteiger partial charge in [0.2, 0.25) is 5.78 Å². The van der Waals surface area contributed by atoms with Crippen LogP contribution in [0.4, 0.5) is 0 Å². The summed E-state index contributed by atoms with van der Waals surface area (Å²) in [5.41, 5.74) is 2.57. The smallest absolute Gasteiger partial charge is 0.290 e. The van der Waals surface area contributed by atoms with Crippen LogP contribution in [0.15, 0.2) is 108 Å². The number of aliphatic hydroxyl groups excluding tert-OH is 1. The molecule has 0 fully saturated rings. The number of aliphatic hydroxyl groups is 1. The molecule has 174 valence electrons. The van der Waals surface area contributed by atoms with E-state index in [0.717, 1.165) is 11.1 Å². The molecule has 0 spiro atoms. The van der Waals surface area contributed by atoms with Crippen molar-refractivity contribution in [1.82, 2.24) is 9.88 Å². The van der Waals surface area contributed by atoms with Gasteiger partial charge in [-0.05, 0) is 46.3 Å². The second kappa shape index (κ2) is 9.95. The monoisotopic (exact) mass is 482 g/mol. The maximum absolute atomic E-state index is 13.4. The summed E-state index contributed by atoms with van der Waals surface area (Å²) in [7, 11) is 0. The number of ketones is 1. The third kappa shape index (κ3) is 4.72. The molecule has 35 heavy (non-hydrogen) atoms. The normalized spacial score (nSPS) is 15.5. The third-order valence-electron chi connectivity index (χ3n) is 5.79. The number of amides is 1. The Kier molecular flexibility index (Phi) is 6.41. The van der Waals surface area contributed by atoms with Crippen molar-refractivity contribution in [3.63, 3.8) is 0 Å². The fraction of sp³-hybridized carbons (Fsp3) is 0.107. The van der Waals surface area contributed by atoms with Gasteiger partial charge in [-0.2, -0.15) is 0 Å². The van der Waals surface area contributed by atoms with E-state index in [0.29, 0.717) is 22.8 Å². The zero-order chi connectivity index (χ0) is 24.2. The van der Waals surface area contributed by atoms with Crippen molar-refractivity contribution in [2.24, 2.45) is 0 Å². The fourth-order valence-electron chi connectivity index (χ4n) is 4.14. The lowest BCUT2D eigenvalue weighted by Gasteiger charge is -2.27. The largest absolute Gasteiger partial charge is 0.503 e. The lowest BCUT2D eigenvalue weighted by atomic mass is 9.95. The minimum Gasteiger partial charge on any atom is -0.503 e. The number of thiophene rings is 1. The van der Waals surface area contributed by atoms with E-state index < -0.39 is 17.7 Å². The summed E-state index contributed by atoms with van der Waals surface area (Å²) in [5, 5.41) is 12.6. The molecule has 0 radical (unpaired) electrons. The Labute approximate surface area is 206 Å². The maximum atomic E-state index is 13.4. The van der Waals surface area contributed by atoms with Crippen LogP contribution in [-0.2, 0) is 17.9 Å². The number of nitrogens with zero attached hydrogens (tertiary/aromatic N) is 2. The topological polar surface area (TPSA) is 79.7 Å². The Morgan fingerprint density at radius 2 is 1.83 bits per heavy atom. The number of hydrogen-bond acceptors (Lipinski definition) is 6. The van der Waals surface area contributed by atoms with E-state index in [9.17, 15) is 14.7 Å². The molecule has 3 heterocycles. The molecule has 6 nitrogen and oxygen atoms in total. The molecule has 0 aliphatic carbocycles. The Bertz CT molecular complexity index is 1370. The lowest BCUT2D eigenvalue weighted by Crippen LogP contribution is -2.30. The summed E-state index contributed by atoms with van der Waals surface area (Å²) >= 11 is 1.27. The number of benzene rings is 2. The van der Waals surface area contributed by atoms with Crippen LogP contribution in [0.25, 0.3) is 0 Å². The molecule has 1 atom stereocenters. The molecule has 5 rings (SSSR count). The average Bonchev–Trinajstić information content (AvgIpc) is 3.52. The van der Waals surface area contributed by atoms with Gasteiger partial charge in [0.05, 0.1) is 16.5 Å². The second-order valence-corrected chi connectivity index (χ2v) is 9.06. The quantitative estimate of drug-likeness (QED) is 0.336. The van der Waals surface area contributed by atoms with Gasteiger partial charge in [-0.3, -0.25) is 14.6 Å². The summed E-state index contributed by atoms with van der Waals surface area (Å²) in [4.78, 5) is 32.7. The highest BCUT2D eigenvalue weighted by Gasteiger charge is 2.44. The van der Waals surface area contributed by atoms with Crippen molar-refractivity contribution in [2.75, 3.05) is 0 Å². The summed E-state index contributed by atoms with van der Waals surface area (Å²) in [6, 6.07) is 23.5. The van der Waals surface area contributed by atoms with E-state index in [1.165, 1.54) is 16.2 Å². The van der Waals surface area contributed by atoms with Crippen LogP contribution in [0, 0.1) is 0 Å². The van der Waals surface area contributed by atoms with E-state index in [4.69, 9.17) is 4.74 Å². The van der Waals surface area contributed by atoms with E-state index >= 15 is 0 Å². The number of aromatic nitrogens is 1. The molecular weight excluding hydrogens is 460 g/mol. The van der Waals surface area contributed by atoms with Gasteiger partial charge in [0.1, 0.15) is 12.4 Å². The van der Waals surface area contributed by atoms with E-state index in [-0.39, 0.29) is 17.9 Å². The zero-order valence-corrected chi connectivity index (χ0v) is 19.5. The first-order valence-electron chi connectivity index (χ1n) is 11.1. The number of carbonyl (C=O) groups is 2. The van der Waals surface area contributed by atoms with Crippen molar-refractivity contribution in [2.45, 2.75) is 19.2 Å². The molecule has 0 bridgehead atoms.